The van der Waals surface area contributed by atoms with Gasteiger partial charge in [0.2, 0.25) is 0 Å². The average molecular weight is 200 g/mol. The monoisotopic (exact) mass is 199 g/mol. The first-order chi connectivity index (χ1) is 5.79. The van der Waals surface area contributed by atoms with Crippen LogP contribution in [-0.4, -0.2) is 15.0 Å². The van der Waals surface area contributed by atoms with Crippen molar-refractivity contribution < 1.29 is 0 Å². The Morgan fingerprint density at radius 2 is 1.83 bits per heavy atom. The summed E-state index contributed by atoms with van der Waals surface area (Å²) < 4.78 is 0. The number of fused-ring (bicyclic) bond motifs is 1. The smallest absolute Gasteiger partial charge is 0.155 e. The summed E-state index contributed by atoms with van der Waals surface area (Å²) in [7, 11) is 0. The molecule has 60 valence electrons. The number of nitrogens with zero attached hydrogens (tertiary/aromatic N) is 3. The Hall–Kier alpha value is -0.930. The lowest BCUT2D eigenvalue weighted by Gasteiger charge is -1.97. The van der Waals surface area contributed by atoms with Gasteiger partial charge in [0, 0.05) is 11.6 Å². The molecule has 0 amide bonds. The first-order valence-corrected chi connectivity index (χ1v) is 3.95. The molecule has 0 bridgehead atoms. The van der Waals surface area contributed by atoms with Gasteiger partial charge < -0.3 is 0 Å². The molecule has 0 aliphatic heterocycles. The molecule has 0 spiro atoms. The van der Waals surface area contributed by atoms with Gasteiger partial charge in [-0.25, -0.2) is 15.0 Å². The minimum absolute atomic E-state index is 0.344. The van der Waals surface area contributed by atoms with Gasteiger partial charge in [-0.05, 0) is 6.07 Å². The molecular weight excluding hydrogens is 197 g/mol. The van der Waals surface area contributed by atoms with Crippen molar-refractivity contribution in [1.29, 1.82) is 0 Å². The SMILES string of the molecule is Clc1ncnc2c(Cl)nccc12. The fraction of sp³-hybridized carbons (Fsp3) is 0. The highest BCUT2D eigenvalue weighted by Gasteiger charge is 2.03. The van der Waals surface area contributed by atoms with E-state index in [0.29, 0.717) is 15.8 Å². The van der Waals surface area contributed by atoms with Crippen LogP contribution in [0.25, 0.3) is 10.9 Å². The van der Waals surface area contributed by atoms with Gasteiger partial charge in [0.25, 0.3) is 0 Å². The highest BCUT2D eigenvalue weighted by Crippen LogP contribution is 2.22. The molecule has 0 saturated heterocycles. The van der Waals surface area contributed by atoms with E-state index in [1.54, 1.807) is 12.3 Å². The lowest BCUT2D eigenvalue weighted by molar-refractivity contribution is 1.20. The average Bonchev–Trinajstić information content (AvgIpc) is 2.07. The molecule has 0 aliphatic carbocycles. The third kappa shape index (κ3) is 1.11. The van der Waals surface area contributed by atoms with E-state index in [-0.39, 0.29) is 0 Å². The van der Waals surface area contributed by atoms with Gasteiger partial charge in [-0.15, -0.1) is 0 Å². The van der Waals surface area contributed by atoms with Crippen LogP contribution in [0, 0.1) is 0 Å². The highest BCUT2D eigenvalue weighted by atomic mass is 35.5. The minimum Gasteiger partial charge on any atom is -0.242 e. The molecule has 0 aromatic carbocycles. The Morgan fingerprint density at radius 3 is 2.58 bits per heavy atom. The molecular formula is C7H3Cl2N3. The molecule has 2 rings (SSSR count). The van der Waals surface area contributed by atoms with Crippen LogP contribution in [0.2, 0.25) is 10.3 Å². The van der Waals surface area contributed by atoms with Gasteiger partial charge in [-0.3, -0.25) is 0 Å². The maximum atomic E-state index is 5.79. The molecule has 3 nitrogen and oxygen atoms in total. The summed E-state index contributed by atoms with van der Waals surface area (Å²) in [5.41, 5.74) is 0.583. The zero-order chi connectivity index (χ0) is 8.55. The predicted octanol–water partition coefficient (Wildman–Crippen LogP) is 2.33. The van der Waals surface area contributed by atoms with Gasteiger partial charge in [-0.2, -0.15) is 0 Å². The summed E-state index contributed by atoms with van der Waals surface area (Å²) in [6.07, 6.45) is 2.93. The van der Waals surface area contributed by atoms with E-state index in [1.165, 1.54) is 6.33 Å². The quantitative estimate of drug-likeness (QED) is 0.483. The molecule has 0 unspecified atom stereocenters. The van der Waals surface area contributed by atoms with Crippen molar-refractivity contribution in [3.8, 4) is 0 Å². The number of hydrogen-bond donors (Lipinski definition) is 0. The Bertz CT molecular complexity index is 389. The van der Waals surface area contributed by atoms with Gasteiger partial charge in [0.15, 0.2) is 5.15 Å². The van der Waals surface area contributed by atoms with Crippen molar-refractivity contribution in [3.63, 3.8) is 0 Å². The first-order valence-electron chi connectivity index (χ1n) is 3.20. The second-order valence-corrected chi connectivity index (χ2v) is 2.88. The maximum Gasteiger partial charge on any atom is 0.155 e. The van der Waals surface area contributed by atoms with Crippen molar-refractivity contribution in [2.24, 2.45) is 0 Å². The van der Waals surface area contributed by atoms with Crippen LogP contribution in [0.5, 0.6) is 0 Å². The molecule has 0 radical (unpaired) electrons. The van der Waals surface area contributed by atoms with Crippen LogP contribution in [0.3, 0.4) is 0 Å². The van der Waals surface area contributed by atoms with Crippen LogP contribution in [0.15, 0.2) is 18.6 Å². The van der Waals surface area contributed by atoms with Crippen molar-refractivity contribution >= 4 is 34.1 Å². The lowest BCUT2D eigenvalue weighted by Crippen LogP contribution is -1.86. The second-order valence-electron chi connectivity index (χ2n) is 2.16. The molecule has 0 N–H and O–H groups in total. The Balaban J connectivity index is 2.94. The molecule has 2 aromatic rings. The lowest BCUT2D eigenvalue weighted by atomic mass is 10.3. The highest BCUT2D eigenvalue weighted by molar-refractivity contribution is 6.37. The van der Waals surface area contributed by atoms with E-state index in [4.69, 9.17) is 23.2 Å². The van der Waals surface area contributed by atoms with Crippen molar-refractivity contribution in [3.05, 3.63) is 28.9 Å². The fourth-order valence-corrected chi connectivity index (χ4v) is 1.33. The zero-order valence-electron chi connectivity index (χ0n) is 5.83. The Labute approximate surface area is 78.4 Å². The standard InChI is InChI=1S/C7H3Cl2N3/c8-6-4-1-2-10-7(9)5(4)11-3-12-6/h1-3H. The topological polar surface area (TPSA) is 38.7 Å². The van der Waals surface area contributed by atoms with Gasteiger partial charge in [0.1, 0.15) is 17.0 Å². The molecule has 2 aromatic heterocycles. The summed E-state index contributed by atoms with van der Waals surface area (Å²) in [5.74, 6) is 0. The van der Waals surface area contributed by atoms with Gasteiger partial charge in [0.05, 0.1) is 0 Å². The van der Waals surface area contributed by atoms with E-state index in [0.717, 1.165) is 5.39 Å². The van der Waals surface area contributed by atoms with E-state index >= 15 is 0 Å². The van der Waals surface area contributed by atoms with Gasteiger partial charge in [-0.1, -0.05) is 23.2 Å². The number of rotatable bonds is 0. The third-order valence-electron chi connectivity index (χ3n) is 1.46. The fourth-order valence-electron chi connectivity index (χ4n) is 0.925. The number of aromatic nitrogens is 3. The normalized spacial score (nSPS) is 10.5. The van der Waals surface area contributed by atoms with Crippen LogP contribution >= 0.6 is 23.2 Å². The molecule has 0 aliphatic rings. The summed E-state index contributed by atoms with van der Waals surface area (Å²) in [6.45, 7) is 0. The third-order valence-corrected chi connectivity index (χ3v) is 2.04. The largest absolute Gasteiger partial charge is 0.242 e. The van der Waals surface area contributed by atoms with E-state index in [9.17, 15) is 0 Å². The summed E-state index contributed by atoms with van der Waals surface area (Å²) in [4.78, 5) is 11.6. The van der Waals surface area contributed by atoms with E-state index in [1.807, 2.05) is 0 Å². The van der Waals surface area contributed by atoms with Crippen molar-refractivity contribution in [2.45, 2.75) is 0 Å². The summed E-state index contributed by atoms with van der Waals surface area (Å²) >= 11 is 11.6. The molecule has 12 heavy (non-hydrogen) atoms. The van der Waals surface area contributed by atoms with Crippen LogP contribution in [0.4, 0.5) is 0 Å². The van der Waals surface area contributed by atoms with Gasteiger partial charge >= 0.3 is 0 Å². The van der Waals surface area contributed by atoms with Crippen LogP contribution < -0.4 is 0 Å². The zero-order valence-corrected chi connectivity index (χ0v) is 7.34. The second kappa shape index (κ2) is 2.84. The van der Waals surface area contributed by atoms with Crippen LogP contribution in [-0.2, 0) is 0 Å². The molecule has 0 saturated carbocycles. The van der Waals surface area contributed by atoms with Crippen molar-refractivity contribution in [2.75, 3.05) is 0 Å². The number of hydrogen-bond acceptors (Lipinski definition) is 3. The molecule has 2 heterocycles. The molecule has 0 fully saturated rings. The van der Waals surface area contributed by atoms with Crippen molar-refractivity contribution in [1.82, 2.24) is 15.0 Å². The summed E-state index contributed by atoms with van der Waals surface area (Å²) in [6, 6.07) is 1.73. The van der Waals surface area contributed by atoms with E-state index < -0.39 is 0 Å². The predicted molar refractivity (Wildman–Crippen MR) is 47.4 cm³/mol. The summed E-state index contributed by atoms with van der Waals surface area (Å²) in [5, 5.41) is 1.46. The number of halogens is 2. The van der Waals surface area contributed by atoms with Crippen LogP contribution in [0.1, 0.15) is 0 Å². The van der Waals surface area contributed by atoms with E-state index in [2.05, 4.69) is 15.0 Å². The molecule has 0 atom stereocenters. The first kappa shape index (κ1) is 7.71. The minimum atomic E-state index is 0.344. The maximum absolute atomic E-state index is 5.79. The molecule has 5 heteroatoms. The Morgan fingerprint density at radius 1 is 1.00 bits per heavy atom. The Kier molecular flexibility index (Phi) is 1.83. The number of pyridine rings is 1.